The number of nitrogens with one attached hydrogen (secondary N) is 2. The molecule has 1 saturated heterocycles. The van der Waals surface area contributed by atoms with Crippen LogP contribution in [0.2, 0.25) is 0 Å². The van der Waals surface area contributed by atoms with Gasteiger partial charge in [-0.1, -0.05) is 6.07 Å². The largest absolute Gasteiger partial charge is 0.405 e. The van der Waals surface area contributed by atoms with Gasteiger partial charge in [0, 0.05) is 0 Å². The molecule has 10 heteroatoms. The Labute approximate surface area is 156 Å². The lowest BCUT2D eigenvalue weighted by Crippen LogP contribution is -3.15. The van der Waals surface area contributed by atoms with Crippen LogP contribution in [0.3, 0.4) is 0 Å². The van der Waals surface area contributed by atoms with Crippen molar-refractivity contribution in [3.63, 3.8) is 0 Å². The highest BCUT2D eigenvalue weighted by molar-refractivity contribution is 7.89. The van der Waals surface area contributed by atoms with E-state index in [-0.39, 0.29) is 24.5 Å². The van der Waals surface area contributed by atoms with Crippen molar-refractivity contribution < 1.29 is 31.3 Å². The first-order valence-electron chi connectivity index (χ1n) is 8.94. The second-order valence-electron chi connectivity index (χ2n) is 7.01. The summed E-state index contributed by atoms with van der Waals surface area (Å²) in [6, 6.07) is 5.27. The Morgan fingerprint density at radius 2 is 1.81 bits per heavy atom. The summed E-state index contributed by atoms with van der Waals surface area (Å²) >= 11 is 0. The van der Waals surface area contributed by atoms with Gasteiger partial charge >= 0.3 is 6.18 Å². The van der Waals surface area contributed by atoms with E-state index in [4.69, 9.17) is 0 Å². The maximum absolute atomic E-state index is 12.8. The number of aryl methyl sites for hydroxylation is 2. The molecule has 0 radical (unpaired) electrons. The highest BCUT2D eigenvalue weighted by Crippen LogP contribution is 2.26. The van der Waals surface area contributed by atoms with E-state index in [1.807, 2.05) is 11.4 Å². The van der Waals surface area contributed by atoms with E-state index in [9.17, 15) is 26.4 Å². The number of halogens is 3. The van der Waals surface area contributed by atoms with E-state index < -0.39 is 28.7 Å². The minimum atomic E-state index is -4.44. The highest BCUT2D eigenvalue weighted by atomic mass is 32.2. The number of fused-ring (bicyclic) bond motifs is 1. The highest BCUT2D eigenvalue weighted by Gasteiger charge is 2.33. The van der Waals surface area contributed by atoms with Crippen LogP contribution in [0.25, 0.3) is 0 Å². The first kappa shape index (κ1) is 20.1. The molecular weight excluding hydrogens is 383 g/mol. The van der Waals surface area contributed by atoms with Crippen LogP contribution in [-0.4, -0.2) is 64.1 Å². The minimum absolute atomic E-state index is 0.0944. The molecule has 2 aliphatic rings. The molecule has 6 nitrogen and oxygen atoms in total. The summed E-state index contributed by atoms with van der Waals surface area (Å²) in [5.41, 5.74) is 2.29. The number of hydrogen-bond acceptors (Lipinski definition) is 3. The smallest absolute Gasteiger partial charge is 0.342 e. The van der Waals surface area contributed by atoms with E-state index in [1.54, 1.807) is 12.1 Å². The molecule has 1 amide bonds. The molecule has 0 bridgehead atoms. The molecule has 0 unspecified atom stereocenters. The fraction of sp³-hybridized carbons (Fsp3) is 0.588. The van der Waals surface area contributed by atoms with E-state index in [0.717, 1.165) is 29.7 Å². The van der Waals surface area contributed by atoms with Crippen molar-refractivity contribution in [2.24, 2.45) is 0 Å². The van der Waals surface area contributed by atoms with Crippen molar-refractivity contribution in [2.45, 2.75) is 30.3 Å². The molecule has 1 aromatic carbocycles. The number of sulfonamides is 1. The third-order valence-electron chi connectivity index (χ3n) is 5.03. The van der Waals surface area contributed by atoms with Crippen molar-refractivity contribution in [1.29, 1.82) is 0 Å². The Kier molecular flexibility index (Phi) is 5.78. The first-order chi connectivity index (χ1) is 12.6. The number of carbonyl (C=O) groups excluding carboxylic acids is 1. The van der Waals surface area contributed by atoms with Gasteiger partial charge in [0.2, 0.25) is 10.0 Å². The summed E-state index contributed by atoms with van der Waals surface area (Å²) in [6.07, 6.45) is -1.53. The van der Waals surface area contributed by atoms with Crippen LogP contribution in [0.15, 0.2) is 23.1 Å². The molecule has 1 fully saturated rings. The molecule has 0 saturated carbocycles. The zero-order chi connectivity index (χ0) is 19.7. The third kappa shape index (κ3) is 4.99. The van der Waals surface area contributed by atoms with Gasteiger partial charge < -0.3 is 10.2 Å². The fourth-order valence-electron chi connectivity index (χ4n) is 3.57. The molecular formula is C17H23F3N3O3S+. The summed E-state index contributed by atoms with van der Waals surface area (Å²) in [6.45, 7) is -0.212. The van der Waals surface area contributed by atoms with Crippen LogP contribution in [0, 0.1) is 0 Å². The summed E-state index contributed by atoms with van der Waals surface area (Å²) in [7, 11) is -3.59. The van der Waals surface area contributed by atoms with Crippen molar-refractivity contribution in [3.8, 4) is 0 Å². The van der Waals surface area contributed by atoms with E-state index in [0.29, 0.717) is 13.1 Å². The zero-order valence-corrected chi connectivity index (χ0v) is 15.6. The Bertz CT molecular complexity index is 803. The number of alkyl halides is 3. The normalized spacial score (nSPS) is 19.1. The van der Waals surface area contributed by atoms with Gasteiger partial charge in [-0.3, -0.25) is 4.79 Å². The topological polar surface area (TPSA) is 70.9 Å². The summed E-state index contributed by atoms with van der Waals surface area (Å²) in [5, 5.41) is 1.84. The number of amides is 1. The van der Waals surface area contributed by atoms with E-state index >= 15 is 0 Å². The number of benzene rings is 1. The lowest BCUT2D eigenvalue weighted by Gasteiger charge is -2.31. The predicted octanol–water partition coefficient (Wildman–Crippen LogP) is -0.257. The van der Waals surface area contributed by atoms with Crippen LogP contribution in [0.1, 0.15) is 17.5 Å². The molecule has 1 heterocycles. The van der Waals surface area contributed by atoms with Crippen LogP contribution in [0.4, 0.5) is 13.2 Å². The van der Waals surface area contributed by atoms with Gasteiger partial charge in [0.1, 0.15) is 6.54 Å². The van der Waals surface area contributed by atoms with Crippen LogP contribution < -0.4 is 10.2 Å². The fourth-order valence-corrected chi connectivity index (χ4v) is 5.06. The third-order valence-corrected chi connectivity index (χ3v) is 6.93. The van der Waals surface area contributed by atoms with Gasteiger partial charge in [-0.15, -0.1) is 0 Å². The average molecular weight is 406 g/mol. The van der Waals surface area contributed by atoms with Gasteiger partial charge in [0.25, 0.3) is 5.91 Å². The molecule has 1 aromatic rings. The zero-order valence-electron chi connectivity index (χ0n) is 14.8. The maximum Gasteiger partial charge on any atom is 0.405 e. The number of carbonyl (C=O) groups is 1. The lowest BCUT2D eigenvalue weighted by atomic mass is 10.1. The van der Waals surface area contributed by atoms with E-state index in [1.165, 1.54) is 9.87 Å². The molecule has 1 aliphatic carbocycles. The molecule has 0 aromatic heterocycles. The van der Waals surface area contributed by atoms with Gasteiger partial charge in [-0.05, 0) is 42.5 Å². The van der Waals surface area contributed by atoms with Crippen LogP contribution in [-0.2, 0) is 27.7 Å². The monoisotopic (exact) mass is 406 g/mol. The average Bonchev–Trinajstić information content (AvgIpc) is 3.07. The number of nitrogens with zero attached hydrogens (tertiary/aromatic N) is 1. The van der Waals surface area contributed by atoms with E-state index in [2.05, 4.69) is 0 Å². The van der Waals surface area contributed by atoms with Crippen molar-refractivity contribution in [1.82, 2.24) is 9.62 Å². The number of quaternary nitrogens is 1. The Morgan fingerprint density at radius 3 is 2.48 bits per heavy atom. The Hall–Kier alpha value is -1.65. The maximum atomic E-state index is 12.8. The van der Waals surface area contributed by atoms with Crippen molar-refractivity contribution >= 4 is 15.9 Å². The number of piperazine rings is 1. The van der Waals surface area contributed by atoms with Gasteiger partial charge in [-0.25, -0.2) is 8.42 Å². The number of rotatable bonds is 5. The van der Waals surface area contributed by atoms with Gasteiger partial charge in [-0.2, -0.15) is 17.5 Å². The van der Waals surface area contributed by atoms with Crippen molar-refractivity contribution in [2.75, 3.05) is 39.3 Å². The molecule has 2 N–H and O–H groups in total. The summed E-state index contributed by atoms with van der Waals surface area (Å²) in [4.78, 5) is 12.7. The van der Waals surface area contributed by atoms with Crippen molar-refractivity contribution in [3.05, 3.63) is 29.3 Å². The second-order valence-corrected chi connectivity index (χ2v) is 8.94. The lowest BCUT2D eigenvalue weighted by molar-refractivity contribution is -0.895. The second kappa shape index (κ2) is 7.76. The molecule has 0 spiro atoms. The SMILES string of the molecule is O=C(C[NH+]1CCN(S(=O)(=O)c2ccc3c(c2)CCC3)CC1)NCC(F)(F)F. The minimum Gasteiger partial charge on any atom is -0.342 e. The number of hydrogen-bond donors (Lipinski definition) is 2. The van der Waals surface area contributed by atoms with Gasteiger partial charge in [0.05, 0.1) is 31.1 Å². The first-order valence-corrected chi connectivity index (χ1v) is 10.4. The molecule has 27 heavy (non-hydrogen) atoms. The molecule has 1 aliphatic heterocycles. The van der Waals surface area contributed by atoms with Crippen LogP contribution in [0.5, 0.6) is 0 Å². The van der Waals surface area contributed by atoms with Crippen LogP contribution >= 0.6 is 0 Å². The Balaban J connectivity index is 1.54. The van der Waals surface area contributed by atoms with Gasteiger partial charge in [0.15, 0.2) is 6.54 Å². The molecule has 150 valence electrons. The predicted molar refractivity (Wildman–Crippen MR) is 91.9 cm³/mol. The molecule has 0 atom stereocenters. The Morgan fingerprint density at radius 1 is 1.15 bits per heavy atom. The summed E-state index contributed by atoms with van der Waals surface area (Å²) < 4.78 is 63.5. The summed E-state index contributed by atoms with van der Waals surface area (Å²) in [5.74, 6) is -0.683. The standard InChI is InChI=1S/C17H22F3N3O3S/c18-17(19,20)12-21-16(24)11-22-6-8-23(9-7-22)27(25,26)15-5-4-13-2-1-3-14(13)10-15/h4-5,10H,1-3,6-9,11-12H2,(H,21,24)/p+1. The molecule has 3 rings (SSSR count). The quantitative estimate of drug-likeness (QED) is 0.708.